The van der Waals surface area contributed by atoms with Crippen molar-refractivity contribution in [2.45, 2.75) is 45.6 Å². The Morgan fingerprint density at radius 1 is 1.05 bits per heavy atom. The summed E-state index contributed by atoms with van der Waals surface area (Å²) in [6.45, 7) is 13.3. The molecule has 4 nitrogen and oxygen atoms in total. The van der Waals surface area contributed by atoms with Crippen molar-refractivity contribution in [2.24, 2.45) is 0 Å². The number of benzene rings is 1. The summed E-state index contributed by atoms with van der Waals surface area (Å²) >= 11 is 0. The molecule has 0 spiro atoms. The van der Waals surface area contributed by atoms with Gasteiger partial charge in [-0.1, -0.05) is 30.3 Å². The first-order valence-corrected chi connectivity index (χ1v) is 17.6. The zero-order valence-corrected chi connectivity index (χ0v) is 19.4. The van der Waals surface area contributed by atoms with E-state index in [0.29, 0.717) is 6.61 Å². The van der Waals surface area contributed by atoms with Gasteiger partial charge in [-0.05, 0) is 44.5 Å². The molecule has 0 saturated carbocycles. The Labute approximate surface area is 141 Å². The molecule has 0 radical (unpaired) electrons. The summed E-state index contributed by atoms with van der Waals surface area (Å²) in [6, 6.07) is 10.4. The second-order valence-electron chi connectivity index (χ2n) is 6.29. The Balaban J connectivity index is 2.52. The Bertz CT molecular complexity index is 415. The first-order valence-electron chi connectivity index (χ1n) is 7.91. The molecule has 0 amide bonds. The Kier molecular flexibility index (Phi) is 9.02. The van der Waals surface area contributed by atoms with Crippen molar-refractivity contribution < 1.29 is 17.4 Å². The van der Waals surface area contributed by atoms with Crippen LogP contribution in [0.2, 0.25) is 39.3 Å². The second kappa shape index (κ2) is 9.93. The molecule has 0 aromatic heterocycles. The smallest absolute Gasteiger partial charge is 0.323 e. The van der Waals surface area contributed by atoms with Crippen LogP contribution >= 0.6 is 0 Å². The van der Waals surface area contributed by atoms with Gasteiger partial charge in [0, 0.05) is 0 Å². The van der Waals surface area contributed by atoms with E-state index in [9.17, 15) is 0 Å². The largest absolute Gasteiger partial charge is 0.437 e. The highest BCUT2D eigenvalue weighted by molar-refractivity contribution is 6.71. The average molecular weight is 375 g/mol. The van der Waals surface area contributed by atoms with Crippen molar-refractivity contribution in [3.05, 3.63) is 30.3 Å². The average Bonchev–Trinajstić information content (AvgIpc) is 2.43. The van der Waals surface area contributed by atoms with Crippen LogP contribution in [0.5, 0.6) is 0 Å². The number of hydrogen-bond acceptors (Lipinski definition) is 4. The fourth-order valence-electron chi connectivity index (χ4n) is 1.86. The van der Waals surface area contributed by atoms with Gasteiger partial charge in [0.2, 0.25) is 0 Å². The molecule has 1 atom stereocenters. The van der Waals surface area contributed by atoms with Crippen molar-refractivity contribution in [2.75, 3.05) is 6.61 Å². The van der Waals surface area contributed by atoms with Gasteiger partial charge in [-0.2, -0.15) is 0 Å². The fraction of sp³-hybridized carbons (Fsp3) is 0.571. The minimum absolute atomic E-state index is 0.270. The fourth-order valence-corrected chi connectivity index (χ4v) is 6.80. The van der Waals surface area contributed by atoms with E-state index in [0.717, 1.165) is 0 Å². The molecule has 126 valence electrons. The van der Waals surface area contributed by atoms with E-state index in [1.807, 2.05) is 6.07 Å². The maximum Gasteiger partial charge on any atom is 0.323 e. The lowest BCUT2D eigenvalue weighted by atomic mass is 10.4. The predicted molar refractivity (Wildman–Crippen MR) is 103 cm³/mol. The molecule has 0 aliphatic carbocycles. The lowest BCUT2D eigenvalue weighted by Crippen LogP contribution is -2.45. The summed E-state index contributed by atoms with van der Waals surface area (Å²) in [5, 5.41) is 1.30. The predicted octanol–water partition coefficient (Wildman–Crippen LogP) is 1.46. The monoisotopic (exact) mass is 374 g/mol. The van der Waals surface area contributed by atoms with Gasteiger partial charge < -0.3 is 17.4 Å². The highest BCUT2D eigenvalue weighted by Gasteiger charge is 2.29. The Hall–Kier alpha value is -0.0725. The van der Waals surface area contributed by atoms with Crippen LogP contribution in [0.4, 0.5) is 0 Å². The standard InChI is InChI=1S/C14H30O4Si4/c1-20(2)15-12-14(16-21(3)4)17-22(5,6)18-19-13-10-8-7-9-11-13/h7-11,14,20-21H,12,19H2,1-6H3. The molecular formula is C14H30O4Si4. The molecule has 0 saturated heterocycles. The quantitative estimate of drug-likeness (QED) is 0.459. The Morgan fingerprint density at radius 2 is 1.68 bits per heavy atom. The van der Waals surface area contributed by atoms with Crippen molar-refractivity contribution in [3.8, 4) is 0 Å². The van der Waals surface area contributed by atoms with E-state index < -0.39 is 36.4 Å². The molecule has 1 rings (SSSR count). The summed E-state index contributed by atoms with van der Waals surface area (Å²) in [5.41, 5.74) is 0. The first kappa shape index (κ1) is 20.0. The molecule has 0 bridgehead atoms. The minimum atomic E-state index is -2.19. The second-order valence-corrected chi connectivity index (χ2v) is 16.4. The zero-order chi connectivity index (χ0) is 16.6. The topological polar surface area (TPSA) is 36.9 Å². The first-order chi connectivity index (χ1) is 10.3. The Morgan fingerprint density at radius 3 is 2.23 bits per heavy atom. The van der Waals surface area contributed by atoms with Crippen LogP contribution in [0.15, 0.2) is 30.3 Å². The van der Waals surface area contributed by atoms with Gasteiger partial charge in [-0.25, -0.2) is 0 Å². The van der Waals surface area contributed by atoms with Crippen LogP contribution < -0.4 is 5.19 Å². The van der Waals surface area contributed by atoms with Crippen LogP contribution in [-0.2, 0) is 17.4 Å². The zero-order valence-electron chi connectivity index (χ0n) is 14.7. The lowest BCUT2D eigenvalue weighted by Gasteiger charge is -2.31. The third-order valence-corrected chi connectivity index (χ3v) is 9.53. The molecule has 0 fully saturated rings. The molecule has 0 aliphatic heterocycles. The van der Waals surface area contributed by atoms with E-state index in [1.165, 1.54) is 5.19 Å². The third-order valence-electron chi connectivity index (χ3n) is 2.83. The van der Waals surface area contributed by atoms with E-state index in [4.69, 9.17) is 17.4 Å². The van der Waals surface area contributed by atoms with Gasteiger partial charge in [0.25, 0.3) is 0 Å². The SMILES string of the molecule is C[SiH](C)OCC(O[SiH](C)C)O[Si](C)(C)O[SiH2]c1ccccc1. The third kappa shape index (κ3) is 9.15. The van der Waals surface area contributed by atoms with Crippen molar-refractivity contribution >= 4 is 41.6 Å². The van der Waals surface area contributed by atoms with E-state index in [2.05, 4.69) is 63.5 Å². The van der Waals surface area contributed by atoms with Crippen LogP contribution in [0, 0.1) is 0 Å². The highest BCUT2D eigenvalue weighted by Crippen LogP contribution is 2.12. The molecule has 22 heavy (non-hydrogen) atoms. The molecule has 8 heteroatoms. The summed E-state index contributed by atoms with van der Waals surface area (Å²) < 4.78 is 24.1. The van der Waals surface area contributed by atoms with Crippen LogP contribution in [0.1, 0.15) is 0 Å². The molecule has 0 heterocycles. The van der Waals surface area contributed by atoms with E-state index in [1.54, 1.807) is 0 Å². The molecule has 1 aromatic carbocycles. The highest BCUT2D eigenvalue weighted by atomic mass is 28.4. The van der Waals surface area contributed by atoms with Crippen molar-refractivity contribution in [3.63, 3.8) is 0 Å². The van der Waals surface area contributed by atoms with Gasteiger partial charge in [0.05, 0.1) is 6.61 Å². The van der Waals surface area contributed by atoms with Gasteiger partial charge in [0.1, 0.15) is 0 Å². The minimum Gasteiger partial charge on any atom is -0.437 e. The van der Waals surface area contributed by atoms with Gasteiger partial charge in [-0.15, -0.1) is 0 Å². The molecule has 0 aliphatic rings. The summed E-state index contributed by atoms with van der Waals surface area (Å²) in [4.78, 5) is 0. The number of rotatable bonds is 10. The molecule has 0 N–H and O–H groups in total. The number of hydrogen-bond donors (Lipinski definition) is 0. The van der Waals surface area contributed by atoms with Gasteiger partial charge >= 0.3 is 8.56 Å². The van der Waals surface area contributed by atoms with Gasteiger partial charge in [-0.3, -0.25) is 0 Å². The maximum absolute atomic E-state index is 6.18. The maximum atomic E-state index is 6.18. The molecule has 1 unspecified atom stereocenters. The molecule has 1 aromatic rings. The van der Waals surface area contributed by atoms with E-state index >= 15 is 0 Å². The van der Waals surface area contributed by atoms with Crippen molar-refractivity contribution in [1.82, 2.24) is 0 Å². The molecular weight excluding hydrogens is 344 g/mol. The van der Waals surface area contributed by atoms with Gasteiger partial charge in [0.15, 0.2) is 34.1 Å². The summed E-state index contributed by atoms with van der Waals surface area (Å²) in [7, 11) is -5.19. The summed E-state index contributed by atoms with van der Waals surface area (Å²) in [6.07, 6.45) is -0.270. The van der Waals surface area contributed by atoms with Crippen LogP contribution in [0.25, 0.3) is 0 Å². The normalized spacial score (nSPS) is 14.4. The van der Waals surface area contributed by atoms with Crippen LogP contribution in [0.3, 0.4) is 0 Å². The summed E-state index contributed by atoms with van der Waals surface area (Å²) in [5.74, 6) is 0. The van der Waals surface area contributed by atoms with Crippen LogP contribution in [-0.4, -0.2) is 49.3 Å². The lowest BCUT2D eigenvalue weighted by molar-refractivity contribution is -0.0462. The van der Waals surface area contributed by atoms with E-state index in [-0.39, 0.29) is 6.29 Å². The van der Waals surface area contributed by atoms with Crippen molar-refractivity contribution in [1.29, 1.82) is 0 Å².